The maximum absolute atomic E-state index is 14.0. The van der Waals surface area contributed by atoms with Crippen LogP contribution in [-0.2, 0) is 10.0 Å². The minimum absolute atomic E-state index is 0.197. The first-order valence-corrected chi connectivity index (χ1v) is 8.12. The molecule has 1 aromatic rings. The van der Waals surface area contributed by atoms with E-state index >= 15 is 0 Å². The van der Waals surface area contributed by atoms with Gasteiger partial charge in [-0.15, -0.1) is 0 Å². The van der Waals surface area contributed by atoms with E-state index in [1.165, 1.54) is 23.5 Å². The highest BCUT2D eigenvalue weighted by atomic mass is 32.2. The van der Waals surface area contributed by atoms with Gasteiger partial charge in [0.25, 0.3) is 0 Å². The lowest BCUT2D eigenvalue weighted by Crippen LogP contribution is -2.31. The summed E-state index contributed by atoms with van der Waals surface area (Å²) in [5, 5.41) is 8.59. The largest absolute Gasteiger partial charge is 0.384 e. The average Bonchev–Trinajstić information content (AvgIpc) is 2.44. The van der Waals surface area contributed by atoms with E-state index < -0.39 is 15.8 Å². The number of halogens is 1. The zero-order valence-electron chi connectivity index (χ0n) is 12.4. The Balaban J connectivity index is 3.09. The lowest BCUT2D eigenvalue weighted by molar-refractivity contribution is 0.350. The second-order valence-electron chi connectivity index (χ2n) is 4.90. The van der Waals surface area contributed by atoms with Crippen LogP contribution in [0.4, 0.5) is 4.39 Å². The monoisotopic (exact) mass is 313 g/mol. The lowest BCUT2D eigenvalue weighted by atomic mass is 10.1. The highest BCUT2D eigenvalue weighted by Crippen LogP contribution is 2.20. The van der Waals surface area contributed by atoms with E-state index in [-0.39, 0.29) is 17.4 Å². The molecule has 0 amide bonds. The molecule has 0 radical (unpaired) electrons. The predicted octanol–water partition coefficient (Wildman–Crippen LogP) is 1.84. The number of hydrogen-bond donors (Lipinski definition) is 1. The molecule has 0 aliphatic heterocycles. The molecular weight excluding hydrogens is 293 g/mol. The van der Waals surface area contributed by atoms with E-state index in [9.17, 15) is 12.8 Å². The topological polar surface area (TPSA) is 57.6 Å². The van der Waals surface area contributed by atoms with Gasteiger partial charge in [-0.1, -0.05) is 32.1 Å². The second-order valence-corrected chi connectivity index (χ2v) is 6.92. The fourth-order valence-corrected chi connectivity index (χ4v) is 3.10. The Labute approximate surface area is 125 Å². The quantitative estimate of drug-likeness (QED) is 0.844. The number of rotatable bonds is 5. The molecule has 6 heteroatoms. The summed E-state index contributed by atoms with van der Waals surface area (Å²) in [5.41, 5.74) is 0.324. The summed E-state index contributed by atoms with van der Waals surface area (Å²) in [5.74, 6) is 4.28. The van der Waals surface area contributed by atoms with Crippen molar-refractivity contribution < 1.29 is 17.9 Å². The first kappa shape index (κ1) is 17.6. The van der Waals surface area contributed by atoms with Crippen LogP contribution in [0, 0.1) is 23.6 Å². The summed E-state index contributed by atoms with van der Waals surface area (Å²) in [7, 11) is -2.41. The molecule has 0 aliphatic carbocycles. The zero-order chi connectivity index (χ0) is 16.0. The van der Waals surface area contributed by atoms with Crippen molar-refractivity contribution >= 4 is 10.0 Å². The summed E-state index contributed by atoms with van der Waals surface area (Å²) in [6, 6.07) is 3.70. The molecule has 1 N–H and O–H groups in total. The SMILES string of the molecule is CCC(C)CN(C)S(=O)(=O)c1ccc(C#CCO)cc1F. The van der Waals surface area contributed by atoms with Gasteiger partial charge in [-0.05, 0) is 24.1 Å². The third kappa shape index (κ3) is 4.53. The normalized spacial score (nSPS) is 12.9. The Morgan fingerprint density at radius 1 is 1.43 bits per heavy atom. The third-order valence-corrected chi connectivity index (χ3v) is 5.05. The van der Waals surface area contributed by atoms with Gasteiger partial charge in [-0.25, -0.2) is 17.1 Å². The molecule has 0 bridgehead atoms. The van der Waals surface area contributed by atoms with Crippen LogP contribution in [0.25, 0.3) is 0 Å². The number of nitrogens with zero attached hydrogens (tertiary/aromatic N) is 1. The van der Waals surface area contributed by atoms with Gasteiger partial charge < -0.3 is 5.11 Å². The lowest BCUT2D eigenvalue weighted by Gasteiger charge is -2.20. The maximum Gasteiger partial charge on any atom is 0.245 e. The van der Waals surface area contributed by atoms with Crippen LogP contribution in [-0.4, -0.2) is 38.0 Å². The molecule has 116 valence electrons. The number of aliphatic hydroxyl groups is 1. The van der Waals surface area contributed by atoms with Crippen molar-refractivity contribution in [1.82, 2.24) is 4.31 Å². The van der Waals surface area contributed by atoms with E-state index in [0.29, 0.717) is 12.1 Å². The van der Waals surface area contributed by atoms with Gasteiger partial charge in [0, 0.05) is 19.2 Å². The van der Waals surface area contributed by atoms with Gasteiger partial charge in [0.1, 0.15) is 17.3 Å². The van der Waals surface area contributed by atoms with Gasteiger partial charge in [-0.3, -0.25) is 0 Å². The Morgan fingerprint density at radius 2 is 2.10 bits per heavy atom. The van der Waals surface area contributed by atoms with Crippen LogP contribution in [0.2, 0.25) is 0 Å². The fraction of sp³-hybridized carbons (Fsp3) is 0.467. The summed E-state index contributed by atoms with van der Waals surface area (Å²) < 4.78 is 39.9. The first-order chi connectivity index (χ1) is 9.82. The molecule has 4 nitrogen and oxygen atoms in total. The molecule has 0 spiro atoms. The van der Waals surface area contributed by atoms with E-state index in [1.807, 2.05) is 13.8 Å². The van der Waals surface area contributed by atoms with Crippen molar-refractivity contribution in [1.29, 1.82) is 0 Å². The highest BCUT2D eigenvalue weighted by Gasteiger charge is 2.25. The Hall–Kier alpha value is -1.42. The highest BCUT2D eigenvalue weighted by molar-refractivity contribution is 7.89. The van der Waals surface area contributed by atoms with E-state index in [1.54, 1.807) is 0 Å². The molecule has 0 aromatic heterocycles. The molecule has 0 fully saturated rings. The van der Waals surface area contributed by atoms with Crippen molar-refractivity contribution in [3.8, 4) is 11.8 Å². The van der Waals surface area contributed by atoms with Crippen molar-refractivity contribution in [3.05, 3.63) is 29.6 Å². The standard InChI is InChI=1S/C15H20FNO3S/c1-4-12(2)11-17(3)21(19,20)15-8-7-13(6-5-9-18)10-14(15)16/h7-8,10,12,18H,4,9,11H2,1-3H3. The summed E-state index contributed by atoms with van der Waals surface area (Å²) >= 11 is 0. The van der Waals surface area contributed by atoms with Crippen LogP contribution in [0.3, 0.4) is 0 Å². The van der Waals surface area contributed by atoms with Crippen molar-refractivity contribution in [2.75, 3.05) is 20.2 Å². The molecule has 1 unspecified atom stereocenters. The van der Waals surface area contributed by atoms with Gasteiger partial charge in [-0.2, -0.15) is 0 Å². The van der Waals surface area contributed by atoms with Crippen molar-refractivity contribution in [2.45, 2.75) is 25.2 Å². The summed E-state index contributed by atoms with van der Waals surface area (Å²) in [6.07, 6.45) is 0.845. The minimum atomic E-state index is -3.85. The maximum atomic E-state index is 14.0. The Kier molecular flexibility index (Phi) is 6.34. The van der Waals surface area contributed by atoms with E-state index in [2.05, 4.69) is 11.8 Å². The first-order valence-electron chi connectivity index (χ1n) is 6.68. The molecule has 1 rings (SSSR count). The Bertz CT molecular complexity index is 647. The van der Waals surface area contributed by atoms with Crippen molar-refractivity contribution in [2.24, 2.45) is 5.92 Å². The molecule has 1 atom stereocenters. The summed E-state index contributed by atoms with van der Waals surface area (Å²) in [4.78, 5) is -0.358. The molecule has 0 heterocycles. The fourth-order valence-electron chi connectivity index (χ4n) is 1.76. The molecule has 0 aliphatic rings. The molecule has 0 saturated heterocycles. The van der Waals surface area contributed by atoms with E-state index in [4.69, 9.17) is 5.11 Å². The minimum Gasteiger partial charge on any atom is -0.384 e. The van der Waals surface area contributed by atoms with Gasteiger partial charge in [0.2, 0.25) is 10.0 Å². The molecule has 0 saturated carbocycles. The van der Waals surface area contributed by atoms with Crippen LogP contribution in [0.5, 0.6) is 0 Å². The second kappa shape index (κ2) is 7.55. The van der Waals surface area contributed by atoms with Crippen LogP contribution in [0.1, 0.15) is 25.8 Å². The average molecular weight is 313 g/mol. The molecule has 1 aromatic carbocycles. The van der Waals surface area contributed by atoms with Gasteiger partial charge in [0.15, 0.2) is 0 Å². The number of benzene rings is 1. The summed E-state index contributed by atoms with van der Waals surface area (Å²) in [6.45, 7) is 3.92. The van der Waals surface area contributed by atoms with Gasteiger partial charge >= 0.3 is 0 Å². The van der Waals surface area contributed by atoms with Crippen LogP contribution < -0.4 is 0 Å². The molecular formula is C15H20FNO3S. The van der Waals surface area contributed by atoms with Crippen molar-refractivity contribution in [3.63, 3.8) is 0 Å². The van der Waals surface area contributed by atoms with E-state index in [0.717, 1.165) is 12.5 Å². The van der Waals surface area contributed by atoms with Gasteiger partial charge in [0.05, 0.1) is 0 Å². The predicted molar refractivity (Wildman–Crippen MR) is 79.6 cm³/mol. The Morgan fingerprint density at radius 3 is 2.62 bits per heavy atom. The zero-order valence-corrected chi connectivity index (χ0v) is 13.2. The number of hydrogen-bond acceptors (Lipinski definition) is 3. The smallest absolute Gasteiger partial charge is 0.245 e. The van der Waals surface area contributed by atoms with Crippen LogP contribution in [0.15, 0.2) is 23.1 Å². The number of aliphatic hydroxyl groups excluding tert-OH is 1. The number of sulfonamides is 1. The molecule has 21 heavy (non-hydrogen) atoms. The van der Waals surface area contributed by atoms with Crippen LogP contribution >= 0.6 is 0 Å². The third-order valence-electron chi connectivity index (χ3n) is 3.20.